The zero-order valence-corrected chi connectivity index (χ0v) is 17.0. The molecule has 2 aliphatic rings. The van der Waals surface area contributed by atoms with Crippen LogP contribution in [0.1, 0.15) is 35.2 Å². The number of aromatic nitrogens is 3. The summed E-state index contributed by atoms with van der Waals surface area (Å²) in [7, 11) is 0. The van der Waals surface area contributed by atoms with Crippen molar-refractivity contribution in [3.8, 4) is 11.6 Å². The molecule has 1 aliphatic carbocycles. The number of carbonyl (C=O) groups is 1. The van der Waals surface area contributed by atoms with E-state index in [0.29, 0.717) is 36.1 Å². The third-order valence-corrected chi connectivity index (χ3v) is 6.31. The standard InChI is InChI=1S/C22H20F3N5O2/c23-22(24,25)15-3-4-17(28-11-15)29-13-21-6-5-14(10-21)12-30(21)20(31)16-2-1-7-26-18(16)19-27-8-9-32-19/h1-4,7-9,11,14H,5-6,10,12-13H2,(H,28,29). The fourth-order valence-electron chi connectivity index (χ4n) is 4.78. The highest BCUT2D eigenvalue weighted by molar-refractivity contribution is 5.99. The number of pyridine rings is 2. The molecule has 0 aromatic carbocycles. The lowest BCUT2D eigenvalue weighted by Crippen LogP contribution is -2.52. The van der Waals surface area contributed by atoms with E-state index < -0.39 is 17.3 Å². The van der Waals surface area contributed by atoms with Crippen LogP contribution in [0.2, 0.25) is 0 Å². The normalized spacial score (nSPS) is 22.3. The maximum Gasteiger partial charge on any atom is 0.417 e. The molecule has 1 saturated carbocycles. The van der Waals surface area contributed by atoms with Crippen molar-refractivity contribution >= 4 is 11.7 Å². The smallest absolute Gasteiger partial charge is 0.417 e. The topological polar surface area (TPSA) is 84.2 Å². The largest absolute Gasteiger partial charge is 0.443 e. The minimum Gasteiger partial charge on any atom is -0.443 e. The molecule has 2 unspecified atom stereocenters. The molecule has 10 heteroatoms. The minimum absolute atomic E-state index is 0.157. The maximum atomic E-state index is 13.6. The number of amides is 1. The Balaban J connectivity index is 1.37. The van der Waals surface area contributed by atoms with Crippen molar-refractivity contribution in [3.05, 3.63) is 60.2 Å². The summed E-state index contributed by atoms with van der Waals surface area (Å²) >= 11 is 0. The van der Waals surface area contributed by atoms with E-state index in [1.165, 1.54) is 18.5 Å². The number of rotatable bonds is 5. The van der Waals surface area contributed by atoms with Crippen LogP contribution in [0.4, 0.5) is 19.0 Å². The number of likely N-dealkylation sites (tertiary alicyclic amines) is 1. The van der Waals surface area contributed by atoms with Crippen LogP contribution in [0, 0.1) is 5.92 Å². The predicted molar refractivity (Wildman–Crippen MR) is 109 cm³/mol. The van der Waals surface area contributed by atoms with E-state index in [0.717, 1.165) is 31.5 Å². The zero-order valence-electron chi connectivity index (χ0n) is 17.0. The average molecular weight is 443 g/mol. The third kappa shape index (κ3) is 3.59. The number of halogens is 3. The van der Waals surface area contributed by atoms with Crippen LogP contribution < -0.4 is 5.32 Å². The molecule has 1 amide bonds. The minimum atomic E-state index is -4.43. The monoisotopic (exact) mass is 443 g/mol. The molecule has 3 aromatic heterocycles. The molecule has 0 spiro atoms. The Bertz CT molecular complexity index is 1120. The van der Waals surface area contributed by atoms with E-state index in [1.807, 2.05) is 4.90 Å². The first-order valence-electron chi connectivity index (χ1n) is 10.3. The summed E-state index contributed by atoms with van der Waals surface area (Å²) in [6, 6.07) is 5.72. The van der Waals surface area contributed by atoms with Crippen molar-refractivity contribution in [3.63, 3.8) is 0 Å². The molecule has 1 N–H and O–H groups in total. The molecule has 1 aliphatic heterocycles. The van der Waals surface area contributed by atoms with Crippen molar-refractivity contribution in [1.82, 2.24) is 19.9 Å². The van der Waals surface area contributed by atoms with Gasteiger partial charge < -0.3 is 14.6 Å². The molecule has 2 fully saturated rings. The number of piperidine rings is 1. The van der Waals surface area contributed by atoms with Crippen LogP contribution in [0.15, 0.2) is 53.5 Å². The summed E-state index contributed by atoms with van der Waals surface area (Å²) in [5.74, 6) is 0.857. The Labute approximate surface area is 181 Å². The van der Waals surface area contributed by atoms with Crippen LogP contribution in [0.25, 0.3) is 11.6 Å². The molecule has 4 heterocycles. The highest BCUT2D eigenvalue weighted by Gasteiger charge is 2.52. The number of carbonyl (C=O) groups excluding carboxylic acids is 1. The molecule has 3 aromatic rings. The van der Waals surface area contributed by atoms with Crippen molar-refractivity contribution in [2.24, 2.45) is 5.92 Å². The highest BCUT2D eigenvalue weighted by Crippen LogP contribution is 2.47. The highest BCUT2D eigenvalue weighted by atomic mass is 19.4. The van der Waals surface area contributed by atoms with Gasteiger partial charge in [-0.2, -0.15) is 13.2 Å². The van der Waals surface area contributed by atoms with Crippen molar-refractivity contribution < 1.29 is 22.4 Å². The lowest BCUT2D eigenvalue weighted by Gasteiger charge is -2.39. The number of anilines is 1. The van der Waals surface area contributed by atoms with Gasteiger partial charge in [0.1, 0.15) is 17.8 Å². The van der Waals surface area contributed by atoms with Crippen LogP contribution >= 0.6 is 0 Å². The van der Waals surface area contributed by atoms with E-state index in [2.05, 4.69) is 20.3 Å². The van der Waals surface area contributed by atoms with E-state index in [1.54, 1.807) is 18.3 Å². The van der Waals surface area contributed by atoms with E-state index in [-0.39, 0.29) is 11.8 Å². The first-order valence-corrected chi connectivity index (χ1v) is 10.3. The van der Waals surface area contributed by atoms with Crippen molar-refractivity contribution in [1.29, 1.82) is 0 Å². The Kier molecular flexibility index (Phi) is 4.87. The summed E-state index contributed by atoms with van der Waals surface area (Å²) in [6.07, 6.45) is 3.55. The van der Waals surface area contributed by atoms with Crippen LogP contribution in [0.5, 0.6) is 0 Å². The number of alkyl halides is 3. The second-order valence-electron chi connectivity index (χ2n) is 8.27. The van der Waals surface area contributed by atoms with Crippen molar-refractivity contribution in [2.45, 2.75) is 31.0 Å². The second-order valence-corrected chi connectivity index (χ2v) is 8.27. The Morgan fingerprint density at radius 1 is 1.22 bits per heavy atom. The SMILES string of the molecule is O=C(c1cccnc1-c1ncco1)N1CC2CCC1(CNc1ccc(C(F)(F)F)cn1)C2. The van der Waals surface area contributed by atoms with Gasteiger partial charge in [-0.05, 0) is 49.4 Å². The maximum absolute atomic E-state index is 13.6. The fourth-order valence-corrected chi connectivity index (χ4v) is 4.78. The summed E-state index contributed by atoms with van der Waals surface area (Å²) in [5, 5.41) is 3.14. The predicted octanol–water partition coefficient (Wildman–Crippen LogP) is 4.26. The molecule has 32 heavy (non-hydrogen) atoms. The Hall–Kier alpha value is -3.43. The van der Waals surface area contributed by atoms with Crippen LogP contribution in [-0.4, -0.2) is 44.4 Å². The summed E-state index contributed by atoms with van der Waals surface area (Å²) in [6.45, 7) is 1.03. The van der Waals surface area contributed by atoms with Crippen LogP contribution in [-0.2, 0) is 6.18 Å². The summed E-state index contributed by atoms with van der Waals surface area (Å²) in [4.78, 5) is 27.8. The molecule has 5 rings (SSSR count). The first kappa shape index (κ1) is 20.5. The van der Waals surface area contributed by atoms with E-state index in [4.69, 9.17) is 4.42 Å². The van der Waals surface area contributed by atoms with Gasteiger partial charge in [0.25, 0.3) is 5.91 Å². The fraction of sp³-hybridized carbons (Fsp3) is 0.364. The van der Waals surface area contributed by atoms with Crippen molar-refractivity contribution in [2.75, 3.05) is 18.4 Å². The average Bonchev–Trinajstić information content (AvgIpc) is 3.54. The van der Waals surface area contributed by atoms with Gasteiger partial charge in [0, 0.05) is 25.5 Å². The van der Waals surface area contributed by atoms with Gasteiger partial charge in [-0.15, -0.1) is 0 Å². The Morgan fingerprint density at radius 2 is 2.09 bits per heavy atom. The third-order valence-electron chi connectivity index (χ3n) is 6.31. The first-order chi connectivity index (χ1) is 15.4. The molecular formula is C22H20F3N5O2. The van der Waals surface area contributed by atoms with Gasteiger partial charge in [0.05, 0.1) is 22.9 Å². The van der Waals surface area contributed by atoms with Gasteiger partial charge in [0.2, 0.25) is 5.89 Å². The number of hydrogen-bond acceptors (Lipinski definition) is 6. The van der Waals surface area contributed by atoms with Gasteiger partial charge in [-0.25, -0.2) is 9.97 Å². The molecular weight excluding hydrogens is 423 g/mol. The number of nitrogens with zero attached hydrogens (tertiary/aromatic N) is 4. The van der Waals surface area contributed by atoms with Gasteiger partial charge in [-0.3, -0.25) is 9.78 Å². The number of fused-ring (bicyclic) bond motifs is 2. The van der Waals surface area contributed by atoms with Gasteiger partial charge in [-0.1, -0.05) is 0 Å². The molecule has 2 atom stereocenters. The summed E-state index contributed by atoms with van der Waals surface area (Å²) in [5.41, 5.74) is -0.432. The molecule has 2 bridgehead atoms. The number of hydrogen-bond donors (Lipinski definition) is 1. The molecule has 166 valence electrons. The molecule has 0 radical (unpaired) electrons. The number of oxazole rings is 1. The molecule has 7 nitrogen and oxygen atoms in total. The van der Waals surface area contributed by atoms with E-state index in [9.17, 15) is 18.0 Å². The van der Waals surface area contributed by atoms with E-state index >= 15 is 0 Å². The lowest BCUT2D eigenvalue weighted by atomic mass is 9.95. The number of nitrogens with one attached hydrogen (secondary N) is 1. The second kappa shape index (κ2) is 7.61. The zero-order chi connectivity index (χ0) is 22.3. The van der Waals surface area contributed by atoms with Gasteiger partial charge >= 0.3 is 6.18 Å². The molecule has 1 saturated heterocycles. The van der Waals surface area contributed by atoms with Gasteiger partial charge in [0.15, 0.2) is 0 Å². The van der Waals surface area contributed by atoms with Crippen LogP contribution in [0.3, 0.4) is 0 Å². The Morgan fingerprint density at radius 3 is 2.78 bits per heavy atom. The quantitative estimate of drug-likeness (QED) is 0.635. The summed E-state index contributed by atoms with van der Waals surface area (Å²) < 4.78 is 43.7. The lowest BCUT2D eigenvalue weighted by molar-refractivity contribution is -0.137.